The molecule has 0 radical (unpaired) electrons. The Morgan fingerprint density at radius 1 is 1.04 bits per heavy atom. The van der Waals surface area contributed by atoms with Crippen molar-refractivity contribution in [1.29, 1.82) is 0 Å². The molecule has 0 bridgehead atoms. The maximum atomic E-state index is 12.8. The van der Waals surface area contributed by atoms with Gasteiger partial charge in [0.05, 0.1) is 26.2 Å². The van der Waals surface area contributed by atoms with E-state index in [2.05, 4.69) is 10.0 Å². The molecule has 0 fully saturated rings. The SMILES string of the molecule is O=[N+]([O-])c1cc(S(=O)(=O)Nc2ccccc2Cl)cc2c1Nc1ccccc1S2. The minimum Gasteiger partial charge on any atom is -0.348 e. The molecule has 142 valence electrons. The second-order valence-corrected chi connectivity index (χ2v) is 9.05. The number of hydrogen-bond acceptors (Lipinski definition) is 6. The molecule has 3 aromatic rings. The van der Waals surface area contributed by atoms with Crippen LogP contribution in [-0.4, -0.2) is 13.3 Å². The van der Waals surface area contributed by atoms with Crippen molar-refractivity contribution >= 4 is 56.1 Å². The van der Waals surface area contributed by atoms with Gasteiger partial charge < -0.3 is 5.32 Å². The van der Waals surface area contributed by atoms with E-state index < -0.39 is 14.9 Å². The number of nitrogens with zero attached hydrogens (tertiary/aromatic N) is 1. The average molecular weight is 434 g/mol. The molecule has 0 saturated carbocycles. The van der Waals surface area contributed by atoms with E-state index in [4.69, 9.17) is 11.6 Å². The Hall–Kier alpha value is -2.75. The number of fused-ring (bicyclic) bond motifs is 2. The Kier molecular flexibility index (Phi) is 4.66. The third kappa shape index (κ3) is 3.39. The van der Waals surface area contributed by atoms with E-state index >= 15 is 0 Å². The molecule has 3 aromatic carbocycles. The summed E-state index contributed by atoms with van der Waals surface area (Å²) in [6.45, 7) is 0. The van der Waals surface area contributed by atoms with E-state index in [1.54, 1.807) is 24.3 Å². The summed E-state index contributed by atoms with van der Waals surface area (Å²) in [6.07, 6.45) is 0. The van der Waals surface area contributed by atoms with Gasteiger partial charge in [0, 0.05) is 15.9 Å². The summed E-state index contributed by atoms with van der Waals surface area (Å²) < 4.78 is 28.1. The standard InChI is InChI=1S/C18H12ClN3O4S2/c19-12-5-1-2-6-13(12)21-28(25,26)11-9-15(22(23)24)18-17(10-11)27-16-8-4-3-7-14(16)20-18/h1-10,20-21H. The molecular formula is C18H12ClN3O4S2. The predicted molar refractivity (Wildman–Crippen MR) is 109 cm³/mol. The number of rotatable bonds is 4. The van der Waals surface area contributed by atoms with Crippen LogP contribution in [0.2, 0.25) is 5.02 Å². The van der Waals surface area contributed by atoms with Crippen molar-refractivity contribution in [2.45, 2.75) is 14.7 Å². The van der Waals surface area contributed by atoms with E-state index in [9.17, 15) is 18.5 Å². The van der Waals surface area contributed by atoms with E-state index in [1.165, 1.54) is 23.9 Å². The van der Waals surface area contributed by atoms with Gasteiger partial charge in [-0.3, -0.25) is 14.8 Å². The maximum absolute atomic E-state index is 12.8. The quantitative estimate of drug-likeness (QED) is 0.336. The van der Waals surface area contributed by atoms with Crippen molar-refractivity contribution in [3.8, 4) is 0 Å². The summed E-state index contributed by atoms with van der Waals surface area (Å²) >= 11 is 7.29. The molecule has 0 aromatic heterocycles. The van der Waals surface area contributed by atoms with Gasteiger partial charge in [-0.25, -0.2) is 8.42 Å². The molecule has 2 N–H and O–H groups in total. The molecule has 0 unspecified atom stereocenters. The number of para-hydroxylation sites is 2. The maximum Gasteiger partial charge on any atom is 0.295 e. The number of benzene rings is 3. The van der Waals surface area contributed by atoms with Gasteiger partial charge in [-0.2, -0.15) is 0 Å². The molecule has 0 aliphatic carbocycles. The van der Waals surface area contributed by atoms with Crippen LogP contribution in [0.1, 0.15) is 0 Å². The smallest absolute Gasteiger partial charge is 0.295 e. The minimum atomic E-state index is -4.08. The lowest BCUT2D eigenvalue weighted by atomic mass is 10.2. The number of anilines is 3. The Labute approximate surface area is 169 Å². The Morgan fingerprint density at radius 3 is 2.50 bits per heavy atom. The molecule has 10 heteroatoms. The summed E-state index contributed by atoms with van der Waals surface area (Å²) in [5, 5.41) is 14.9. The molecule has 0 atom stereocenters. The molecule has 4 rings (SSSR count). The Bertz CT molecular complexity index is 1220. The largest absolute Gasteiger partial charge is 0.348 e. The molecule has 0 saturated heterocycles. The van der Waals surface area contributed by atoms with Crippen molar-refractivity contribution in [2.24, 2.45) is 0 Å². The molecule has 28 heavy (non-hydrogen) atoms. The van der Waals surface area contributed by atoms with E-state index in [-0.39, 0.29) is 27.0 Å². The van der Waals surface area contributed by atoms with Crippen LogP contribution in [-0.2, 0) is 10.0 Å². The van der Waals surface area contributed by atoms with Crippen molar-refractivity contribution < 1.29 is 13.3 Å². The van der Waals surface area contributed by atoms with Gasteiger partial charge >= 0.3 is 0 Å². The van der Waals surface area contributed by atoms with Crippen molar-refractivity contribution in [3.05, 3.63) is 75.8 Å². The highest BCUT2D eigenvalue weighted by Crippen LogP contribution is 2.48. The summed E-state index contributed by atoms with van der Waals surface area (Å²) in [4.78, 5) is 12.1. The number of halogens is 1. The van der Waals surface area contributed by atoms with Crippen LogP contribution in [0.25, 0.3) is 0 Å². The Balaban J connectivity index is 1.80. The third-order valence-corrected chi connectivity index (χ3v) is 6.84. The van der Waals surface area contributed by atoms with Gasteiger partial charge in [0.2, 0.25) is 0 Å². The van der Waals surface area contributed by atoms with Crippen LogP contribution >= 0.6 is 23.4 Å². The van der Waals surface area contributed by atoms with E-state index in [0.717, 1.165) is 16.6 Å². The van der Waals surface area contributed by atoms with Crippen LogP contribution in [0, 0.1) is 10.1 Å². The minimum absolute atomic E-state index is 0.195. The summed E-state index contributed by atoms with van der Waals surface area (Å²) in [6, 6.07) is 16.1. The molecule has 1 heterocycles. The van der Waals surface area contributed by atoms with Crippen LogP contribution < -0.4 is 10.0 Å². The fourth-order valence-electron chi connectivity index (χ4n) is 2.74. The second-order valence-electron chi connectivity index (χ2n) is 5.88. The zero-order valence-corrected chi connectivity index (χ0v) is 16.4. The van der Waals surface area contributed by atoms with Crippen molar-refractivity contribution in [2.75, 3.05) is 10.0 Å². The van der Waals surface area contributed by atoms with Gasteiger partial charge in [-0.1, -0.05) is 47.6 Å². The lowest BCUT2D eigenvalue weighted by molar-refractivity contribution is -0.384. The van der Waals surface area contributed by atoms with E-state index in [1.807, 2.05) is 18.2 Å². The van der Waals surface area contributed by atoms with Crippen LogP contribution in [0.3, 0.4) is 0 Å². The summed E-state index contributed by atoms with van der Waals surface area (Å²) in [7, 11) is -4.08. The van der Waals surface area contributed by atoms with Crippen LogP contribution in [0.15, 0.2) is 75.4 Å². The highest BCUT2D eigenvalue weighted by Gasteiger charge is 2.29. The first-order valence-corrected chi connectivity index (χ1v) is 10.7. The van der Waals surface area contributed by atoms with Gasteiger partial charge in [0.1, 0.15) is 5.69 Å². The van der Waals surface area contributed by atoms with Crippen molar-refractivity contribution in [3.63, 3.8) is 0 Å². The van der Waals surface area contributed by atoms with Crippen LogP contribution in [0.4, 0.5) is 22.7 Å². The monoisotopic (exact) mass is 433 g/mol. The van der Waals surface area contributed by atoms with Gasteiger partial charge in [0.15, 0.2) is 0 Å². The first-order valence-electron chi connectivity index (χ1n) is 7.99. The van der Waals surface area contributed by atoms with Gasteiger partial charge in [0.25, 0.3) is 15.7 Å². The molecule has 1 aliphatic rings. The van der Waals surface area contributed by atoms with Gasteiger partial charge in [-0.05, 0) is 30.3 Å². The highest BCUT2D eigenvalue weighted by molar-refractivity contribution is 7.99. The number of hydrogen-bond donors (Lipinski definition) is 2. The Morgan fingerprint density at radius 2 is 1.75 bits per heavy atom. The first kappa shape index (κ1) is 18.6. The molecule has 0 spiro atoms. The van der Waals surface area contributed by atoms with Crippen molar-refractivity contribution in [1.82, 2.24) is 0 Å². The number of nitrogens with one attached hydrogen (secondary N) is 2. The summed E-state index contributed by atoms with van der Waals surface area (Å²) in [5.41, 5.74) is 0.873. The number of sulfonamides is 1. The van der Waals surface area contributed by atoms with E-state index in [0.29, 0.717) is 4.90 Å². The van der Waals surface area contributed by atoms with Crippen LogP contribution in [0.5, 0.6) is 0 Å². The lowest BCUT2D eigenvalue weighted by Gasteiger charge is -2.21. The third-order valence-electron chi connectivity index (χ3n) is 4.05. The fraction of sp³-hybridized carbons (Fsp3) is 0. The number of nitro benzene ring substituents is 1. The zero-order chi connectivity index (χ0) is 19.9. The average Bonchev–Trinajstić information content (AvgIpc) is 2.67. The topological polar surface area (TPSA) is 101 Å². The second kappa shape index (κ2) is 7.01. The fourth-order valence-corrected chi connectivity index (χ4v) is 5.24. The normalized spacial score (nSPS) is 12.5. The number of nitro groups is 1. The first-order chi connectivity index (χ1) is 13.3. The molecule has 7 nitrogen and oxygen atoms in total. The summed E-state index contributed by atoms with van der Waals surface area (Å²) in [5.74, 6) is 0. The predicted octanol–water partition coefficient (Wildman–Crippen LogP) is 5.26. The lowest BCUT2D eigenvalue weighted by Crippen LogP contribution is -2.14. The molecule has 0 amide bonds. The highest BCUT2D eigenvalue weighted by atomic mass is 35.5. The molecular weight excluding hydrogens is 422 g/mol. The molecule has 1 aliphatic heterocycles. The van der Waals surface area contributed by atoms with Gasteiger partial charge in [-0.15, -0.1) is 0 Å². The zero-order valence-electron chi connectivity index (χ0n) is 14.0.